The maximum absolute atomic E-state index is 13.1. The first-order chi connectivity index (χ1) is 21.9. The van der Waals surface area contributed by atoms with Crippen LogP contribution in [-0.4, -0.2) is 36.2 Å². The van der Waals surface area contributed by atoms with Gasteiger partial charge in [0.2, 0.25) is 0 Å². The van der Waals surface area contributed by atoms with Crippen LogP contribution in [0.1, 0.15) is 28.4 Å². The molecule has 0 aliphatic heterocycles. The van der Waals surface area contributed by atoms with Gasteiger partial charge in [-0.05, 0) is 86.1 Å². The summed E-state index contributed by atoms with van der Waals surface area (Å²) in [6.07, 6.45) is 1.48. The third kappa shape index (κ3) is 8.74. The first-order valence-corrected chi connectivity index (χ1v) is 14.9. The summed E-state index contributed by atoms with van der Waals surface area (Å²) in [5.41, 5.74) is 7.95. The molecule has 4 aromatic carbocycles. The molecule has 1 heterocycles. The number of hydrazone groups is 1. The van der Waals surface area contributed by atoms with Crippen LogP contribution in [0.2, 0.25) is 0 Å². The minimum atomic E-state index is -0.406. The summed E-state index contributed by atoms with van der Waals surface area (Å²) in [5.74, 6) is -0.383. The molecular formula is C34H30FN5O4S. The van der Waals surface area contributed by atoms with Crippen molar-refractivity contribution in [2.45, 2.75) is 13.8 Å². The molecule has 5 rings (SSSR count). The molecule has 0 aliphatic carbocycles. The fourth-order valence-corrected chi connectivity index (χ4v) is 4.85. The van der Waals surface area contributed by atoms with Crippen LogP contribution in [-0.2, 0) is 4.79 Å². The Balaban J connectivity index is 1.14. The van der Waals surface area contributed by atoms with E-state index in [2.05, 4.69) is 26.1 Å². The second-order valence-corrected chi connectivity index (χ2v) is 10.6. The van der Waals surface area contributed by atoms with E-state index in [1.165, 1.54) is 47.4 Å². The van der Waals surface area contributed by atoms with E-state index in [-0.39, 0.29) is 12.5 Å². The SMILES string of the molecule is CCOc1cc(/C=N/NC(=O)c2ccc(-c3csc(Nc4ccc(C)cc4)n3)cc2)ccc1OCC(=O)Nc1ccc(F)cc1. The topological polar surface area (TPSA) is 114 Å². The van der Waals surface area contributed by atoms with Crippen molar-refractivity contribution in [3.05, 3.63) is 119 Å². The highest BCUT2D eigenvalue weighted by Crippen LogP contribution is 2.29. The highest BCUT2D eigenvalue weighted by atomic mass is 32.1. The van der Waals surface area contributed by atoms with Gasteiger partial charge in [-0.25, -0.2) is 14.8 Å². The molecule has 0 atom stereocenters. The quantitative estimate of drug-likeness (QED) is 0.100. The summed E-state index contributed by atoms with van der Waals surface area (Å²) in [6, 6.07) is 25.7. The summed E-state index contributed by atoms with van der Waals surface area (Å²) < 4.78 is 24.4. The number of thiazole rings is 1. The number of hydrogen-bond donors (Lipinski definition) is 3. The Kier molecular flexibility index (Phi) is 10.1. The van der Waals surface area contributed by atoms with Gasteiger partial charge < -0.3 is 20.1 Å². The van der Waals surface area contributed by atoms with Gasteiger partial charge in [0.1, 0.15) is 5.82 Å². The van der Waals surface area contributed by atoms with Crippen LogP contribution in [0.3, 0.4) is 0 Å². The number of hydrogen-bond acceptors (Lipinski definition) is 8. The number of anilines is 3. The summed E-state index contributed by atoms with van der Waals surface area (Å²) in [7, 11) is 0. The third-order valence-electron chi connectivity index (χ3n) is 6.38. The van der Waals surface area contributed by atoms with Crippen molar-refractivity contribution in [3.8, 4) is 22.8 Å². The highest BCUT2D eigenvalue weighted by Gasteiger charge is 2.11. The first kappa shape index (κ1) is 30.9. The van der Waals surface area contributed by atoms with Crippen LogP contribution in [0, 0.1) is 12.7 Å². The fraction of sp³-hybridized carbons (Fsp3) is 0.118. The van der Waals surface area contributed by atoms with Gasteiger partial charge in [0, 0.05) is 27.9 Å². The van der Waals surface area contributed by atoms with Crippen molar-refractivity contribution >= 4 is 45.9 Å². The molecule has 0 fully saturated rings. The molecule has 0 saturated carbocycles. The van der Waals surface area contributed by atoms with E-state index < -0.39 is 11.7 Å². The van der Waals surface area contributed by atoms with Gasteiger partial charge in [-0.3, -0.25) is 9.59 Å². The summed E-state index contributed by atoms with van der Waals surface area (Å²) >= 11 is 1.51. The van der Waals surface area contributed by atoms with Crippen LogP contribution in [0.5, 0.6) is 11.5 Å². The average molecular weight is 624 g/mol. The standard InChI is InChI=1S/C34H30FN5O4S/c1-3-43-31-18-23(6-17-30(31)44-20-32(41)37-27-15-11-26(35)12-16-27)19-36-40-33(42)25-9-7-24(8-10-25)29-21-45-34(39-29)38-28-13-4-22(2)5-14-28/h4-19,21H,3,20H2,1-2H3,(H,37,41)(H,38,39)(H,40,42)/b36-19+. The van der Waals surface area contributed by atoms with Crippen LogP contribution in [0.25, 0.3) is 11.3 Å². The van der Waals surface area contributed by atoms with Gasteiger partial charge in [-0.15, -0.1) is 11.3 Å². The normalized spacial score (nSPS) is 10.8. The van der Waals surface area contributed by atoms with Crippen molar-refractivity contribution < 1.29 is 23.5 Å². The van der Waals surface area contributed by atoms with Gasteiger partial charge >= 0.3 is 0 Å². The molecular weight excluding hydrogens is 593 g/mol. The molecule has 5 aromatic rings. The Morgan fingerprint density at radius 2 is 1.64 bits per heavy atom. The molecule has 228 valence electrons. The number of benzene rings is 4. The lowest BCUT2D eigenvalue weighted by atomic mass is 10.1. The zero-order valence-electron chi connectivity index (χ0n) is 24.5. The number of amides is 2. The monoisotopic (exact) mass is 623 g/mol. The number of halogens is 1. The van der Waals surface area contributed by atoms with Gasteiger partial charge in [0.15, 0.2) is 23.2 Å². The van der Waals surface area contributed by atoms with E-state index in [4.69, 9.17) is 9.47 Å². The summed E-state index contributed by atoms with van der Waals surface area (Å²) in [5, 5.41) is 12.8. The number of rotatable bonds is 12. The molecule has 0 radical (unpaired) electrons. The Morgan fingerprint density at radius 1 is 0.911 bits per heavy atom. The summed E-state index contributed by atoms with van der Waals surface area (Å²) in [6.45, 7) is 3.97. The molecule has 0 aliphatic rings. The number of carbonyl (C=O) groups excluding carboxylic acids is 2. The van der Waals surface area contributed by atoms with Crippen molar-refractivity contribution in [3.63, 3.8) is 0 Å². The number of nitrogens with zero attached hydrogens (tertiary/aromatic N) is 2. The molecule has 0 bridgehead atoms. The van der Waals surface area contributed by atoms with Crippen molar-refractivity contribution in [1.82, 2.24) is 10.4 Å². The summed E-state index contributed by atoms with van der Waals surface area (Å²) in [4.78, 5) is 29.6. The molecule has 45 heavy (non-hydrogen) atoms. The van der Waals surface area contributed by atoms with E-state index in [1.54, 1.807) is 30.3 Å². The van der Waals surface area contributed by atoms with E-state index in [1.807, 2.05) is 55.6 Å². The zero-order chi connectivity index (χ0) is 31.6. The van der Waals surface area contributed by atoms with Crippen molar-refractivity contribution in [2.24, 2.45) is 5.10 Å². The van der Waals surface area contributed by atoms with Crippen LogP contribution >= 0.6 is 11.3 Å². The minimum Gasteiger partial charge on any atom is -0.490 e. The molecule has 11 heteroatoms. The molecule has 9 nitrogen and oxygen atoms in total. The molecule has 2 amide bonds. The average Bonchev–Trinajstić information content (AvgIpc) is 3.51. The molecule has 3 N–H and O–H groups in total. The van der Waals surface area contributed by atoms with E-state index in [9.17, 15) is 14.0 Å². The van der Waals surface area contributed by atoms with Crippen LogP contribution < -0.4 is 25.5 Å². The number of carbonyl (C=O) groups is 2. The molecule has 0 unspecified atom stereocenters. The lowest BCUT2D eigenvalue weighted by Gasteiger charge is -2.12. The Morgan fingerprint density at radius 3 is 2.38 bits per heavy atom. The largest absolute Gasteiger partial charge is 0.490 e. The van der Waals surface area contributed by atoms with E-state index in [0.717, 1.165) is 22.1 Å². The number of aromatic nitrogens is 1. The zero-order valence-corrected chi connectivity index (χ0v) is 25.4. The maximum Gasteiger partial charge on any atom is 0.271 e. The smallest absolute Gasteiger partial charge is 0.271 e. The lowest BCUT2D eigenvalue weighted by Crippen LogP contribution is -2.20. The van der Waals surface area contributed by atoms with Gasteiger partial charge in [0.05, 0.1) is 18.5 Å². The Labute approximate surface area is 263 Å². The number of aryl methyl sites for hydroxylation is 1. The van der Waals surface area contributed by atoms with Gasteiger partial charge in [0.25, 0.3) is 11.8 Å². The fourth-order valence-electron chi connectivity index (χ4n) is 4.11. The van der Waals surface area contributed by atoms with E-state index >= 15 is 0 Å². The second kappa shape index (κ2) is 14.8. The number of ether oxygens (including phenoxy) is 2. The van der Waals surface area contributed by atoms with Gasteiger partial charge in [-0.2, -0.15) is 5.10 Å². The Bertz CT molecular complexity index is 1790. The predicted molar refractivity (Wildman–Crippen MR) is 175 cm³/mol. The predicted octanol–water partition coefficient (Wildman–Crippen LogP) is 7.18. The minimum absolute atomic E-state index is 0.270. The third-order valence-corrected chi connectivity index (χ3v) is 7.14. The van der Waals surface area contributed by atoms with Gasteiger partial charge in [-0.1, -0.05) is 29.8 Å². The highest BCUT2D eigenvalue weighted by molar-refractivity contribution is 7.14. The van der Waals surface area contributed by atoms with E-state index in [0.29, 0.717) is 34.9 Å². The molecule has 0 saturated heterocycles. The lowest BCUT2D eigenvalue weighted by molar-refractivity contribution is -0.118. The van der Waals surface area contributed by atoms with Crippen molar-refractivity contribution in [2.75, 3.05) is 23.8 Å². The molecule has 0 spiro atoms. The molecule has 1 aromatic heterocycles. The first-order valence-electron chi connectivity index (χ1n) is 14.0. The maximum atomic E-state index is 13.1. The van der Waals surface area contributed by atoms with Crippen LogP contribution in [0.4, 0.5) is 20.9 Å². The Hall–Kier alpha value is -5.55. The second-order valence-electron chi connectivity index (χ2n) is 9.79. The van der Waals surface area contributed by atoms with Crippen molar-refractivity contribution in [1.29, 1.82) is 0 Å². The van der Waals surface area contributed by atoms with Crippen LogP contribution in [0.15, 0.2) is 101 Å². The number of nitrogens with one attached hydrogen (secondary N) is 3.